The molecular weight excluding hydrogens is 1220 g/mol. The van der Waals surface area contributed by atoms with Crippen LogP contribution in [0.2, 0.25) is 0 Å². The first kappa shape index (κ1) is 58.9. The van der Waals surface area contributed by atoms with E-state index in [0.717, 1.165) is 29.6 Å². The molecule has 1 amide bonds. The van der Waals surface area contributed by atoms with E-state index < -0.39 is 23.7 Å². The Morgan fingerprint density at radius 3 is 1.90 bits per heavy atom. The van der Waals surface area contributed by atoms with Gasteiger partial charge in [-0.1, -0.05) is 72.8 Å². The van der Waals surface area contributed by atoms with Crippen molar-refractivity contribution in [3.05, 3.63) is 109 Å². The minimum absolute atomic E-state index is 0. The van der Waals surface area contributed by atoms with Crippen molar-refractivity contribution >= 4 is 108 Å². The number of alkyl carbamates (subject to hydrolysis) is 1. The zero-order valence-corrected chi connectivity index (χ0v) is 45.6. The minimum atomic E-state index is -0.724. The maximum Gasteiger partial charge on any atom is 0.602 e. The van der Waals surface area contributed by atoms with Crippen LogP contribution < -0.4 is 5.32 Å². The molecule has 321 valence electrons. The number of esters is 2. The number of alkyl halides is 1. The van der Waals surface area contributed by atoms with Gasteiger partial charge in [0, 0.05) is 81.7 Å². The summed E-state index contributed by atoms with van der Waals surface area (Å²) < 4.78 is 21.9. The Bertz CT molecular complexity index is 1850. The number of aromatic nitrogens is 3. The van der Waals surface area contributed by atoms with Crippen molar-refractivity contribution in [2.45, 2.75) is 66.0 Å². The van der Waals surface area contributed by atoms with Crippen molar-refractivity contribution in [3.8, 4) is 11.1 Å². The molecule has 1 radical (unpaired) electrons. The Hall–Kier alpha value is -2.22. The Kier molecular flexibility index (Phi) is 31.5. The molecule has 0 aliphatic carbocycles. The second kappa shape index (κ2) is 31.6. The average Bonchev–Trinajstić information content (AvgIpc) is 3.18. The van der Waals surface area contributed by atoms with Crippen LogP contribution in [0, 0.1) is 22.5 Å². The third-order valence-electron chi connectivity index (χ3n) is 7.30. The van der Waals surface area contributed by atoms with E-state index in [0.29, 0.717) is 17.3 Å². The summed E-state index contributed by atoms with van der Waals surface area (Å²) >= 11 is 10.7. The van der Waals surface area contributed by atoms with Gasteiger partial charge in [-0.25, -0.2) is 14.8 Å². The molecule has 0 saturated heterocycles. The summed E-state index contributed by atoms with van der Waals surface area (Å²) in [5.41, 5.74) is 4.86. The van der Waals surface area contributed by atoms with Crippen LogP contribution in [-0.2, 0) is 82.4 Å². The smallest absolute Gasteiger partial charge is 0.469 e. The van der Waals surface area contributed by atoms with E-state index in [4.69, 9.17) is 9.47 Å². The predicted octanol–water partition coefficient (Wildman–Crippen LogP) is 9.25. The SMILES string of the molecule is Brc1ccc(I)nc1.C=[O+]C(=O)[C@H](CI)NC(=O)OC(C)(C)C.COC(=O)[C@@H](C)Cc1ccc(-c2ccccc2C)cn1.COC(=O)[C@@H](C)Cc1ccc(Br)nc1.[Cu].[Zn]. The van der Waals surface area contributed by atoms with E-state index in [1.165, 1.54) is 25.3 Å². The molecule has 4 rings (SSSR count). The Labute approximate surface area is 414 Å². The molecule has 0 spiro atoms. The zero-order chi connectivity index (χ0) is 43.1. The number of aryl methyl sites for hydroxylation is 1. The molecule has 3 atom stereocenters. The van der Waals surface area contributed by atoms with E-state index in [9.17, 15) is 19.2 Å². The number of nitrogens with one attached hydrogen (secondary N) is 1. The minimum Gasteiger partial charge on any atom is -0.469 e. The maximum absolute atomic E-state index is 11.4. The summed E-state index contributed by atoms with van der Waals surface area (Å²) in [6.45, 7) is 14.0. The molecule has 1 aromatic carbocycles. The molecular formula is C41H49Br2CuI2N4O8Zn+. The van der Waals surface area contributed by atoms with Gasteiger partial charge in [0.2, 0.25) is 6.04 Å². The number of amides is 1. The van der Waals surface area contributed by atoms with Crippen molar-refractivity contribution in [2.75, 3.05) is 18.6 Å². The molecule has 3 aromatic heterocycles. The van der Waals surface area contributed by atoms with E-state index in [1.807, 2.05) is 85.1 Å². The number of hydrogen-bond acceptors (Lipinski definition) is 10. The number of benzene rings is 1. The second-order valence-corrected chi connectivity index (χ2v) is 16.9. The number of halogens is 4. The molecule has 4 aromatic rings. The number of carbonyl (C=O) groups excluding carboxylic acids is 5. The molecule has 0 bridgehead atoms. The first-order chi connectivity index (χ1) is 26.8. The fraction of sp³-hybridized carbons (Fsp3) is 0.366. The number of hydrogen-bond donors (Lipinski definition) is 1. The fourth-order valence-electron chi connectivity index (χ4n) is 4.43. The number of rotatable bonds is 10. The summed E-state index contributed by atoms with van der Waals surface area (Å²) in [7, 11) is 2.81. The van der Waals surface area contributed by atoms with Crippen LogP contribution in [0.15, 0.2) is 88.3 Å². The molecule has 0 unspecified atom stereocenters. The average molecular weight is 1270 g/mol. The van der Waals surface area contributed by atoms with Gasteiger partial charge in [-0.15, -0.1) is 0 Å². The largest absolute Gasteiger partial charge is 0.602 e. The van der Waals surface area contributed by atoms with Gasteiger partial charge in [-0.05, 0) is 130 Å². The van der Waals surface area contributed by atoms with Crippen molar-refractivity contribution in [1.29, 1.82) is 0 Å². The third kappa shape index (κ3) is 25.3. The van der Waals surface area contributed by atoms with Crippen LogP contribution in [0.5, 0.6) is 0 Å². The van der Waals surface area contributed by atoms with E-state index in [1.54, 1.807) is 33.2 Å². The zero-order valence-electron chi connectivity index (χ0n) is 34.2. The first-order valence-electron chi connectivity index (χ1n) is 17.4. The van der Waals surface area contributed by atoms with Crippen molar-refractivity contribution in [2.24, 2.45) is 11.8 Å². The summed E-state index contributed by atoms with van der Waals surface area (Å²) in [6.07, 6.45) is 6.01. The molecule has 18 heteroatoms. The molecule has 12 nitrogen and oxygen atoms in total. The van der Waals surface area contributed by atoms with Crippen LogP contribution >= 0.6 is 77.0 Å². The van der Waals surface area contributed by atoms with Crippen molar-refractivity contribution < 1.29 is 74.4 Å². The van der Waals surface area contributed by atoms with Gasteiger partial charge in [0.15, 0.2) is 6.79 Å². The Balaban J connectivity index is 0. The second-order valence-electron chi connectivity index (χ2n) is 13.2. The van der Waals surface area contributed by atoms with Gasteiger partial charge in [0.25, 0.3) is 0 Å². The summed E-state index contributed by atoms with van der Waals surface area (Å²) in [4.78, 5) is 57.4. The number of pyridine rings is 3. The molecule has 0 fully saturated rings. The standard InChI is InChI=1S/C17H19NO2.C10H12BrNO2.C9H14INO4.C5H3BrIN.Cu.Zn/c1-12-6-4-5-7-16(12)14-8-9-15(18-11-14)10-13(2)17(19)20-3;1-7(10(13)14-2)5-8-3-4-9(11)12-6-8;1-9(2,3)15-8(13)11-6(5-10)7(12)14-4;6-4-1-2-5(7)8-3-4;;/h4-9,11,13H,10H2,1-3H3;3-4,6-7H,5H2,1-2H3;6H,4-5H2,1-3H3;1-3H;;/p+1/t13-;7-;6-;;;/m000.../s1. The first-order valence-corrected chi connectivity index (χ1v) is 21.6. The monoisotopic (exact) mass is 1260 g/mol. The van der Waals surface area contributed by atoms with Gasteiger partial charge in [-0.2, -0.15) is 0 Å². The predicted molar refractivity (Wildman–Crippen MR) is 245 cm³/mol. The van der Waals surface area contributed by atoms with Crippen molar-refractivity contribution in [3.63, 3.8) is 0 Å². The third-order valence-corrected chi connectivity index (χ3v) is 9.75. The maximum atomic E-state index is 11.4. The van der Waals surface area contributed by atoms with Crippen LogP contribution in [0.25, 0.3) is 11.1 Å². The summed E-state index contributed by atoms with van der Waals surface area (Å²) in [5.74, 6) is -1.27. The number of nitrogens with zero attached hydrogens (tertiary/aromatic N) is 3. The number of ether oxygens (including phenoxy) is 3. The summed E-state index contributed by atoms with van der Waals surface area (Å²) in [6, 6.07) is 19.2. The van der Waals surface area contributed by atoms with E-state index in [2.05, 4.69) is 116 Å². The van der Waals surface area contributed by atoms with Gasteiger partial charge < -0.3 is 19.5 Å². The molecule has 0 aliphatic rings. The van der Waals surface area contributed by atoms with Crippen LogP contribution in [0.1, 0.15) is 51.4 Å². The molecule has 0 saturated carbocycles. The van der Waals surface area contributed by atoms with Crippen LogP contribution in [0.3, 0.4) is 0 Å². The summed E-state index contributed by atoms with van der Waals surface area (Å²) in [5, 5.41) is 2.39. The molecule has 59 heavy (non-hydrogen) atoms. The molecule has 0 aliphatic heterocycles. The quantitative estimate of drug-likeness (QED) is 0.0309. The normalized spacial score (nSPS) is 11.5. The molecule has 1 N–H and O–H groups in total. The number of methoxy groups -OCH3 is 2. The molecule has 3 heterocycles. The number of carbonyl (C=O) groups is 4. The topological polar surface area (TPSA) is 158 Å². The van der Waals surface area contributed by atoms with Gasteiger partial charge in [-0.3, -0.25) is 19.0 Å². The van der Waals surface area contributed by atoms with Crippen LogP contribution in [0.4, 0.5) is 4.79 Å². The van der Waals surface area contributed by atoms with Gasteiger partial charge >= 0.3 is 24.0 Å². The van der Waals surface area contributed by atoms with E-state index >= 15 is 0 Å². The van der Waals surface area contributed by atoms with Gasteiger partial charge in [0.1, 0.15) is 13.9 Å². The van der Waals surface area contributed by atoms with Gasteiger partial charge in [0.05, 0.1) is 30.8 Å². The Morgan fingerprint density at radius 2 is 1.46 bits per heavy atom. The fourth-order valence-corrected chi connectivity index (χ4v) is 5.80. The Morgan fingerprint density at radius 1 is 0.847 bits per heavy atom. The van der Waals surface area contributed by atoms with E-state index in [-0.39, 0.29) is 60.3 Å². The van der Waals surface area contributed by atoms with Crippen molar-refractivity contribution in [1.82, 2.24) is 20.3 Å². The van der Waals surface area contributed by atoms with Crippen LogP contribution in [-0.4, -0.2) is 76.0 Å².